The number of hydrogen-bond donors (Lipinski definition) is 0. The number of rotatable bonds is 3. The molecule has 2 rings (SSSR count). The first-order valence-corrected chi connectivity index (χ1v) is 5.44. The average Bonchev–Trinajstić information content (AvgIpc) is 2.74. The van der Waals surface area contributed by atoms with Gasteiger partial charge in [0.15, 0.2) is 10.9 Å². The van der Waals surface area contributed by atoms with Crippen LogP contribution in [0.25, 0.3) is 0 Å². The third-order valence-corrected chi connectivity index (χ3v) is 2.83. The topological polar surface area (TPSA) is 82.8 Å². The molecule has 0 atom stereocenters. The number of esters is 1. The Bertz CT molecular complexity index is 542. The number of carbonyl (C=O) groups excluding carboxylic acids is 1. The van der Waals surface area contributed by atoms with E-state index in [1.807, 2.05) is 0 Å². The van der Waals surface area contributed by atoms with Gasteiger partial charge in [-0.15, -0.1) is 0 Å². The summed E-state index contributed by atoms with van der Waals surface area (Å²) in [6.45, 7) is 0. The highest BCUT2D eigenvalue weighted by atomic mass is 32.2. The average molecular weight is 251 g/mol. The smallest absolute Gasteiger partial charge is 0.358 e. The Kier molecular flexibility index (Phi) is 3.33. The van der Waals surface area contributed by atoms with Crippen molar-refractivity contribution in [2.24, 2.45) is 7.05 Å². The van der Waals surface area contributed by atoms with E-state index in [2.05, 4.69) is 24.8 Å². The van der Waals surface area contributed by atoms with Crippen LogP contribution in [-0.4, -0.2) is 37.8 Å². The van der Waals surface area contributed by atoms with Crippen molar-refractivity contribution in [3.63, 3.8) is 0 Å². The molecule has 17 heavy (non-hydrogen) atoms. The zero-order valence-electron chi connectivity index (χ0n) is 9.19. The van der Waals surface area contributed by atoms with Crippen molar-refractivity contribution in [2.45, 2.75) is 10.2 Å². The van der Waals surface area contributed by atoms with Crippen molar-refractivity contribution in [3.05, 3.63) is 24.4 Å². The van der Waals surface area contributed by atoms with Crippen molar-refractivity contribution in [1.29, 1.82) is 0 Å². The number of aromatic nitrogens is 5. The maximum atomic E-state index is 11.3. The fourth-order valence-corrected chi connectivity index (χ4v) is 1.80. The Morgan fingerprint density at radius 2 is 2.29 bits per heavy atom. The number of nitrogens with zero attached hydrogens (tertiary/aromatic N) is 5. The van der Waals surface area contributed by atoms with Gasteiger partial charge in [-0.1, -0.05) is 0 Å². The molecule has 7 nitrogen and oxygen atoms in total. The molecule has 0 amide bonds. The molecule has 0 N–H and O–H groups in total. The first-order chi connectivity index (χ1) is 8.20. The lowest BCUT2D eigenvalue weighted by Crippen LogP contribution is -2.05. The summed E-state index contributed by atoms with van der Waals surface area (Å²) in [5, 5.41) is 5.16. The van der Waals surface area contributed by atoms with Crippen LogP contribution in [0, 0.1) is 0 Å². The van der Waals surface area contributed by atoms with E-state index in [9.17, 15) is 4.79 Å². The lowest BCUT2D eigenvalue weighted by atomic mass is 10.5. The van der Waals surface area contributed by atoms with Crippen LogP contribution in [0.15, 0.2) is 28.9 Å². The van der Waals surface area contributed by atoms with Crippen LogP contribution in [0.2, 0.25) is 0 Å². The summed E-state index contributed by atoms with van der Waals surface area (Å²) >= 11 is 1.27. The van der Waals surface area contributed by atoms with Crippen LogP contribution >= 0.6 is 11.8 Å². The molecule has 0 aromatic carbocycles. The van der Waals surface area contributed by atoms with Crippen LogP contribution in [0.4, 0.5) is 0 Å². The van der Waals surface area contributed by atoms with Crippen LogP contribution < -0.4 is 0 Å². The predicted octanol–water partition coefficient (Wildman–Crippen LogP) is 0.543. The Labute approximate surface area is 101 Å². The van der Waals surface area contributed by atoms with Gasteiger partial charge in [0.2, 0.25) is 0 Å². The van der Waals surface area contributed by atoms with Gasteiger partial charge >= 0.3 is 5.97 Å². The fraction of sp³-hybridized carbons (Fsp3) is 0.222. The lowest BCUT2D eigenvalue weighted by molar-refractivity contribution is 0.0592. The summed E-state index contributed by atoms with van der Waals surface area (Å²) in [6.07, 6.45) is 4.35. The SMILES string of the molecule is COC(=O)c1cncc(Sc2ncnn2C)n1. The largest absolute Gasteiger partial charge is 0.464 e. The normalized spacial score (nSPS) is 10.2. The zero-order valence-corrected chi connectivity index (χ0v) is 10.0. The van der Waals surface area contributed by atoms with Crippen molar-refractivity contribution < 1.29 is 9.53 Å². The highest BCUT2D eigenvalue weighted by Crippen LogP contribution is 2.22. The second-order valence-electron chi connectivity index (χ2n) is 3.00. The monoisotopic (exact) mass is 251 g/mol. The second-order valence-corrected chi connectivity index (χ2v) is 3.99. The van der Waals surface area contributed by atoms with Gasteiger partial charge in [-0.25, -0.2) is 19.4 Å². The first-order valence-electron chi connectivity index (χ1n) is 4.63. The number of methoxy groups -OCH3 is 1. The summed E-state index contributed by atoms with van der Waals surface area (Å²) in [5.41, 5.74) is 0.166. The van der Waals surface area contributed by atoms with Gasteiger partial charge < -0.3 is 4.74 Å². The number of hydrogen-bond acceptors (Lipinski definition) is 7. The summed E-state index contributed by atoms with van der Waals surface area (Å²) < 4.78 is 6.17. The van der Waals surface area contributed by atoms with E-state index >= 15 is 0 Å². The van der Waals surface area contributed by atoms with Gasteiger partial charge in [0.25, 0.3) is 0 Å². The highest BCUT2D eigenvalue weighted by molar-refractivity contribution is 7.99. The van der Waals surface area contributed by atoms with Crippen LogP contribution in [0.1, 0.15) is 10.5 Å². The van der Waals surface area contributed by atoms with E-state index < -0.39 is 5.97 Å². The van der Waals surface area contributed by atoms with Gasteiger partial charge in [0.05, 0.1) is 19.5 Å². The standard InChI is InChI=1S/C9H9N5O2S/c1-14-9(11-5-12-14)17-7-4-10-3-6(13-7)8(15)16-2/h3-5H,1-2H3. The zero-order chi connectivity index (χ0) is 12.3. The fourth-order valence-electron chi connectivity index (χ4n) is 1.07. The van der Waals surface area contributed by atoms with Gasteiger partial charge in [-0.3, -0.25) is 4.98 Å². The summed E-state index contributed by atoms with van der Waals surface area (Å²) in [6, 6.07) is 0. The summed E-state index contributed by atoms with van der Waals surface area (Å²) in [5.74, 6) is -0.516. The Morgan fingerprint density at radius 1 is 1.47 bits per heavy atom. The number of carbonyl (C=O) groups is 1. The van der Waals surface area contributed by atoms with Crippen LogP contribution in [0.3, 0.4) is 0 Å². The van der Waals surface area contributed by atoms with E-state index in [-0.39, 0.29) is 5.69 Å². The molecule has 0 saturated heterocycles. The lowest BCUT2D eigenvalue weighted by Gasteiger charge is -2.01. The molecule has 88 valence electrons. The van der Waals surface area contributed by atoms with Crippen LogP contribution in [-0.2, 0) is 11.8 Å². The molecule has 0 aliphatic carbocycles. The molecule has 2 aromatic heterocycles. The van der Waals surface area contributed by atoms with E-state index in [4.69, 9.17) is 0 Å². The van der Waals surface area contributed by atoms with Gasteiger partial charge in [0, 0.05) is 7.05 Å². The summed E-state index contributed by atoms with van der Waals surface area (Å²) in [7, 11) is 3.07. The molecule has 0 saturated carbocycles. The molecule has 0 radical (unpaired) electrons. The van der Waals surface area contributed by atoms with Gasteiger partial charge in [0.1, 0.15) is 11.4 Å². The number of ether oxygens (including phenoxy) is 1. The predicted molar refractivity (Wildman–Crippen MR) is 58.5 cm³/mol. The van der Waals surface area contributed by atoms with Crippen molar-refractivity contribution in [3.8, 4) is 0 Å². The number of aryl methyl sites for hydroxylation is 1. The third-order valence-electron chi connectivity index (χ3n) is 1.87. The molecule has 0 aliphatic heterocycles. The van der Waals surface area contributed by atoms with E-state index in [0.717, 1.165) is 0 Å². The third kappa shape index (κ3) is 2.59. The van der Waals surface area contributed by atoms with Crippen molar-refractivity contribution >= 4 is 17.7 Å². The minimum absolute atomic E-state index is 0.166. The molecule has 8 heteroatoms. The van der Waals surface area contributed by atoms with E-state index in [1.165, 1.54) is 31.4 Å². The van der Waals surface area contributed by atoms with E-state index in [0.29, 0.717) is 10.2 Å². The molecule has 2 aromatic rings. The molecule has 2 heterocycles. The molecule has 0 unspecified atom stereocenters. The Balaban J connectivity index is 2.22. The van der Waals surface area contributed by atoms with Crippen molar-refractivity contribution in [1.82, 2.24) is 24.7 Å². The maximum Gasteiger partial charge on any atom is 0.358 e. The van der Waals surface area contributed by atoms with E-state index in [1.54, 1.807) is 17.9 Å². The quantitative estimate of drug-likeness (QED) is 0.736. The first kappa shape index (κ1) is 11.5. The molecule has 0 spiro atoms. The van der Waals surface area contributed by atoms with Crippen LogP contribution in [0.5, 0.6) is 0 Å². The molecular weight excluding hydrogens is 242 g/mol. The maximum absolute atomic E-state index is 11.3. The molecule has 0 fully saturated rings. The van der Waals surface area contributed by atoms with Gasteiger partial charge in [-0.05, 0) is 11.8 Å². The van der Waals surface area contributed by atoms with Gasteiger partial charge in [-0.2, -0.15) is 5.10 Å². The minimum Gasteiger partial charge on any atom is -0.464 e. The molecule has 0 bridgehead atoms. The summed E-state index contributed by atoms with van der Waals surface area (Å²) in [4.78, 5) is 23.3. The van der Waals surface area contributed by atoms with Crippen molar-refractivity contribution in [2.75, 3.05) is 7.11 Å². The second kappa shape index (κ2) is 4.91. The Morgan fingerprint density at radius 3 is 2.94 bits per heavy atom. The minimum atomic E-state index is -0.516. The highest BCUT2D eigenvalue weighted by Gasteiger charge is 2.10. The molecule has 0 aliphatic rings. The molecular formula is C9H9N5O2S. The Hall–Kier alpha value is -1.96.